The number of nitrogens with zero attached hydrogens (tertiary/aromatic N) is 3. The number of aromatic nitrogens is 1. The Hall–Kier alpha value is -2.72. The summed E-state index contributed by atoms with van der Waals surface area (Å²) in [5.74, 6) is 0.0502. The highest BCUT2D eigenvalue weighted by atomic mass is 16.3. The number of aryl methyl sites for hydroxylation is 1. The molecule has 0 saturated heterocycles. The Morgan fingerprint density at radius 3 is 2.59 bits per heavy atom. The first-order chi connectivity index (χ1) is 8.19. The van der Waals surface area contributed by atoms with Gasteiger partial charge < -0.3 is 9.67 Å². The molecule has 4 nitrogen and oxygen atoms in total. The molecule has 0 spiro atoms. The minimum absolute atomic E-state index is 0.0309. The largest absolute Gasteiger partial charge is 0.494 e. The molecule has 0 fully saturated rings. The molecular formula is C13H9N3O. The summed E-state index contributed by atoms with van der Waals surface area (Å²) in [6.07, 6.45) is 1.40. The molecule has 0 aliphatic heterocycles. The lowest BCUT2D eigenvalue weighted by Crippen LogP contribution is -1.84. The lowest BCUT2D eigenvalue weighted by molar-refractivity contribution is 0.434. The first-order valence-corrected chi connectivity index (χ1v) is 4.97. The summed E-state index contributed by atoms with van der Waals surface area (Å²) in [6.45, 7) is 0. The molecule has 0 aliphatic carbocycles. The van der Waals surface area contributed by atoms with Gasteiger partial charge in [-0.15, -0.1) is 0 Å². The van der Waals surface area contributed by atoms with E-state index in [0.717, 1.165) is 10.9 Å². The molecule has 4 heteroatoms. The van der Waals surface area contributed by atoms with Crippen LogP contribution in [0, 0.1) is 22.7 Å². The predicted molar refractivity (Wildman–Crippen MR) is 63.8 cm³/mol. The Labute approximate surface area is 98.2 Å². The Bertz CT molecular complexity index is 680. The number of para-hydroxylation sites is 1. The molecular weight excluding hydrogens is 214 g/mol. The van der Waals surface area contributed by atoms with E-state index >= 15 is 0 Å². The van der Waals surface area contributed by atoms with Crippen molar-refractivity contribution in [1.82, 2.24) is 4.57 Å². The Balaban J connectivity index is 2.80. The van der Waals surface area contributed by atoms with Crippen LogP contribution < -0.4 is 0 Å². The number of hydrogen-bond acceptors (Lipinski definition) is 3. The van der Waals surface area contributed by atoms with Crippen LogP contribution in [0.5, 0.6) is 5.88 Å². The van der Waals surface area contributed by atoms with Crippen molar-refractivity contribution in [1.29, 1.82) is 10.5 Å². The van der Waals surface area contributed by atoms with Crippen molar-refractivity contribution in [2.24, 2.45) is 7.05 Å². The summed E-state index contributed by atoms with van der Waals surface area (Å²) in [6, 6.07) is 11.0. The fourth-order valence-corrected chi connectivity index (χ4v) is 1.79. The molecule has 0 bridgehead atoms. The van der Waals surface area contributed by atoms with Gasteiger partial charge in [0.2, 0.25) is 0 Å². The summed E-state index contributed by atoms with van der Waals surface area (Å²) in [5, 5.41) is 28.2. The summed E-state index contributed by atoms with van der Waals surface area (Å²) in [7, 11) is 1.73. The maximum Gasteiger partial charge on any atom is 0.199 e. The van der Waals surface area contributed by atoms with Gasteiger partial charge in [-0.25, -0.2) is 0 Å². The van der Waals surface area contributed by atoms with Gasteiger partial charge in [0, 0.05) is 18.0 Å². The van der Waals surface area contributed by atoms with Crippen LogP contribution >= 0.6 is 0 Å². The third-order valence-electron chi connectivity index (χ3n) is 2.64. The minimum Gasteiger partial charge on any atom is -0.494 e. The number of aromatic hydroxyl groups is 1. The second kappa shape index (κ2) is 4.03. The predicted octanol–water partition coefficient (Wildman–Crippen LogP) is 2.31. The second-order valence-corrected chi connectivity index (χ2v) is 3.60. The van der Waals surface area contributed by atoms with Crippen molar-refractivity contribution < 1.29 is 5.11 Å². The molecule has 1 aromatic heterocycles. The molecule has 0 radical (unpaired) electrons. The van der Waals surface area contributed by atoms with Gasteiger partial charge in [0.05, 0.1) is 5.52 Å². The van der Waals surface area contributed by atoms with Gasteiger partial charge in [0.15, 0.2) is 5.88 Å². The van der Waals surface area contributed by atoms with Crippen molar-refractivity contribution in [3.8, 4) is 18.0 Å². The average Bonchev–Trinajstić information content (AvgIpc) is 2.61. The van der Waals surface area contributed by atoms with Crippen LogP contribution in [0.3, 0.4) is 0 Å². The second-order valence-electron chi connectivity index (χ2n) is 3.60. The average molecular weight is 223 g/mol. The van der Waals surface area contributed by atoms with Crippen LogP contribution in [0.25, 0.3) is 17.0 Å². The van der Waals surface area contributed by atoms with E-state index < -0.39 is 0 Å². The highest BCUT2D eigenvalue weighted by molar-refractivity contribution is 5.93. The number of fused-ring (bicyclic) bond motifs is 1. The van der Waals surface area contributed by atoms with E-state index in [-0.39, 0.29) is 11.5 Å². The van der Waals surface area contributed by atoms with Crippen LogP contribution in [-0.2, 0) is 7.05 Å². The highest BCUT2D eigenvalue weighted by Gasteiger charge is 2.12. The lowest BCUT2D eigenvalue weighted by atomic mass is 10.1. The molecule has 82 valence electrons. The van der Waals surface area contributed by atoms with Gasteiger partial charge in [-0.3, -0.25) is 0 Å². The van der Waals surface area contributed by atoms with Crippen LogP contribution in [0.4, 0.5) is 0 Å². The normalized spacial score (nSPS) is 9.59. The first-order valence-electron chi connectivity index (χ1n) is 4.97. The standard InChI is InChI=1S/C13H9N3O/c1-16-12-5-3-2-4-10(12)11(13(16)17)6-9(7-14)8-15/h2-6,17H,1H3. The van der Waals surface area contributed by atoms with Crippen molar-refractivity contribution in [2.45, 2.75) is 0 Å². The molecule has 1 heterocycles. The molecule has 0 unspecified atom stereocenters. The molecule has 1 aromatic carbocycles. The molecule has 0 saturated carbocycles. The molecule has 2 rings (SSSR count). The maximum atomic E-state index is 9.96. The van der Waals surface area contributed by atoms with Gasteiger partial charge >= 0.3 is 0 Å². The molecule has 0 aliphatic rings. The fourth-order valence-electron chi connectivity index (χ4n) is 1.79. The smallest absolute Gasteiger partial charge is 0.199 e. The zero-order valence-electron chi connectivity index (χ0n) is 9.18. The first kappa shape index (κ1) is 10.8. The summed E-state index contributed by atoms with van der Waals surface area (Å²) in [4.78, 5) is 0. The fraction of sp³-hybridized carbons (Fsp3) is 0.0769. The third kappa shape index (κ3) is 1.62. The number of allylic oxidation sites excluding steroid dienone is 1. The van der Waals surface area contributed by atoms with Crippen molar-refractivity contribution in [2.75, 3.05) is 0 Å². The number of nitriles is 2. The number of benzene rings is 1. The SMILES string of the molecule is Cn1c(O)c(C=C(C#N)C#N)c2ccccc21. The molecule has 17 heavy (non-hydrogen) atoms. The number of rotatable bonds is 1. The van der Waals surface area contributed by atoms with Gasteiger partial charge in [0.25, 0.3) is 0 Å². The molecule has 2 aromatic rings. The Morgan fingerprint density at radius 1 is 1.29 bits per heavy atom. The molecule has 0 atom stereocenters. The van der Waals surface area contributed by atoms with E-state index in [1.54, 1.807) is 23.8 Å². The van der Waals surface area contributed by atoms with E-state index in [4.69, 9.17) is 10.5 Å². The van der Waals surface area contributed by atoms with Crippen LogP contribution in [0.15, 0.2) is 29.8 Å². The lowest BCUT2D eigenvalue weighted by Gasteiger charge is -1.95. The highest BCUT2D eigenvalue weighted by Crippen LogP contribution is 2.31. The monoisotopic (exact) mass is 223 g/mol. The van der Waals surface area contributed by atoms with Gasteiger partial charge in [0.1, 0.15) is 17.7 Å². The topological polar surface area (TPSA) is 72.7 Å². The van der Waals surface area contributed by atoms with E-state index in [1.807, 2.05) is 24.3 Å². The number of hydrogen-bond donors (Lipinski definition) is 1. The Morgan fingerprint density at radius 2 is 1.94 bits per heavy atom. The summed E-state index contributed by atoms with van der Waals surface area (Å²) >= 11 is 0. The van der Waals surface area contributed by atoms with Crippen molar-refractivity contribution >= 4 is 17.0 Å². The zero-order chi connectivity index (χ0) is 12.4. The third-order valence-corrected chi connectivity index (χ3v) is 2.64. The van der Waals surface area contributed by atoms with Crippen molar-refractivity contribution in [3.63, 3.8) is 0 Å². The summed E-state index contributed by atoms with van der Waals surface area (Å²) < 4.78 is 1.62. The van der Waals surface area contributed by atoms with Crippen LogP contribution in [0.2, 0.25) is 0 Å². The maximum absolute atomic E-state index is 9.96. The quantitative estimate of drug-likeness (QED) is 0.754. The molecule has 0 amide bonds. The van der Waals surface area contributed by atoms with Crippen LogP contribution in [-0.4, -0.2) is 9.67 Å². The Kier molecular flexibility index (Phi) is 2.56. The van der Waals surface area contributed by atoms with E-state index in [9.17, 15) is 5.11 Å². The van der Waals surface area contributed by atoms with Crippen molar-refractivity contribution in [3.05, 3.63) is 35.4 Å². The van der Waals surface area contributed by atoms with E-state index in [2.05, 4.69) is 0 Å². The van der Waals surface area contributed by atoms with Gasteiger partial charge in [-0.2, -0.15) is 10.5 Å². The van der Waals surface area contributed by atoms with E-state index in [1.165, 1.54) is 6.08 Å². The van der Waals surface area contributed by atoms with Crippen LogP contribution in [0.1, 0.15) is 5.56 Å². The van der Waals surface area contributed by atoms with Gasteiger partial charge in [-0.05, 0) is 12.1 Å². The summed E-state index contributed by atoms with van der Waals surface area (Å²) in [5.41, 5.74) is 1.32. The molecule has 1 N–H and O–H groups in total. The van der Waals surface area contributed by atoms with E-state index in [0.29, 0.717) is 5.56 Å². The van der Waals surface area contributed by atoms with Gasteiger partial charge in [-0.1, -0.05) is 18.2 Å². The minimum atomic E-state index is -0.0309. The zero-order valence-corrected chi connectivity index (χ0v) is 9.18.